The largest absolute Gasteiger partial charge is 0.383 e. The summed E-state index contributed by atoms with van der Waals surface area (Å²) in [7, 11) is -5.72. The van der Waals surface area contributed by atoms with Crippen molar-refractivity contribution in [3.05, 3.63) is 24.3 Å². The molecule has 1 fully saturated rings. The van der Waals surface area contributed by atoms with Crippen molar-refractivity contribution in [2.75, 3.05) is 33.4 Å². The Bertz CT molecular complexity index is 708. The summed E-state index contributed by atoms with van der Waals surface area (Å²) < 4.78 is 57.7. The number of piperidine rings is 1. The van der Waals surface area contributed by atoms with Crippen molar-refractivity contribution in [1.82, 2.24) is 9.03 Å². The van der Waals surface area contributed by atoms with Crippen LogP contribution in [0.4, 0.5) is 0 Å². The molecule has 1 aliphatic heterocycles. The van der Waals surface area contributed by atoms with E-state index in [0.29, 0.717) is 13.1 Å². The molecule has 9 heteroatoms. The third-order valence-electron chi connectivity index (χ3n) is 3.69. The molecule has 7 nitrogen and oxygen atoms in total. The van der Waals surface area contributed by atoms with Gasteiger partial charge >= 0.3 is 0 Å². The molecule has 130 valence electrons. The van der Waals surface area contributed by atoms with E-state index in [4.69, 9.17) is 4.74 Å². The fourth-order valence-corrected chi connectivity index (χ4v) is 4.94. The van der Waals surface area contributed by atoms with Gasteiger partial charge in [-0.25, -0.2) is 21.6 Å². The average molecular weight is 362 g/mol. The van der Waals surface area contributed by atoms with Crippen LogP contribution in [0.1, 0.15) is 19.3 Å². The fraction of sp³-hybridized carbons (Fsp3) is 0.571. The van der Waals surface area contributed by atoms with E-state index in [1.54, 1.807) is 0 Å². The second-order valence-electron chi connectivity index (χ2n) is 5.33. The first-order valence-corrected chi connectivity index (χ1v) is 10.4. The first-order valence-electron chi connectivity index (χ1n) is 7.47. The summed E-state index contributed by atoms with van der Waals surface area (Å²) >= 11 is 0. The predicted molar refractivity (Wildman–Crippen MR) is 86.1 cm³/mol. The van der Waals surface area contributed by atoms with E-state index in [1.807, 2.05) is 0 Å². The summed E-state index contributed by atoms with van der Waals surface area (Å²) in [4.78, 5) is 0.154. The minimum Gasteiger partial charge on any atom is -0.383 e. The van der Waals surface area contributed by atoms with Crippen LogP contribution in [0.25, 0.3) is 0 Å². The molecule has 2 rings (SSSR count). The maximum atomic E-state index is 12.5. The Kier molecular flexibility index (Phi) is 6.15. The number of ether oxygens (including phenoxy) is 1. The molecular formula is C14H22N2O5S2. The number of nitrogens with zero attached hydrogens (tertiary/aromatic N) is 1. The van der Waals surface area contributed by atoms with Crippen LogP contribution in [-0.2, 0) is 24.8 Å². The van der Waals surface area contributed by atoms with Gasteiger partial charge in [0.2, 0.25) is 20.0 Å². The summed E-state index contributed by atoms with van der Waals surface area (Å²) in [5.41, 5.74) is 0. The number of sulfonamides is 2. The molecule has 0 amide bonds. The van der Waals surface area contributed by atoms with Crippen LogP contribution in [0.2, 0.25) is 0 Å². The predicted octanol–water partition coefficient (Wildman–Crippen LogP) is 0.786. The Labute approximate surface area is 137 Å². The van der Waals surface area contributed by atoms with E-state index >= 15 is 0 Å². The molecule has 1 N–H and O–H groups in total. The monoisotopic (exact) mass is 362 g/mol. The molecule has 0 radical (unpaired) electrons. The maximum absolute atomic E-state index is 12.5. The van der Waals surface area contributed by atoms with Crippen molar-refractivity contribution in [2.24, 2.45) is 0 Å². The van der Waals surface area contributed by atoms with Gasteiger partial charge in [-0.05, 0) is 37.1 Å². The maximum Gasteiger partial charge on any atom is 0.243 e. The van der Waals surface area contributed by atoms with Crippen LogP contribution < -0.4 is 4.72 Å². The van der Waals surface area contributed by atoms with Crippen LogP contribution in [-0.4, -0.2) is 54.5 Å². The summed E-state index contributed by atoms with van der Waals surface area (Å²) in [5, 5.41) is 0. The van der Waals surface area contributed by atoms with Gasteiger partial charge in [-0.2, -0.15) is 4.31 Å². The van der Waals surface area contributed by atoms with Gasteiger partial charge < -0.3 is 4.74 Å². The summed E-state index contributed by atoms with van der Waals surface area (Å²) in [6, 6.07) is 5.31. The molecule has 23 heavy (non-hydrogen) atoms. The quantitative estimate of drug-likeness (QED) is 0.724. The van der Waals surface area contributed by atoms with Crippen molar-refractivity contribution in [3.8, 4) is 0 Å². The number of nitrogens with one attached hydrogen (secondary N) is 1. The highest BCUT2D eigenvalue weighted by atomic mass is 32.2. The molecule has 0 bridgehead atoms. The Morgan fingerprint density at radius 2 is 1.57 bits per heavy atom. The van der Waals surface area contributed by atoms with Crippen LogP contribution >= 0.6 is 0 Å². The lowest BCUT2D eigenvalue weighted by atomic mass is 10.2. The zero-order valence-electron chi connectivity index (χ0n) is 13.1. The van der Waals surface area contributed by atoms with E-state index < -0.39 is 20.0 Å². The fourth-order valence-electron chi connectivity index (χ4n) is 2.41. The molecule has 0 atom stereocenters. The Morgan fingerprint density at radius 3 is 2.13 bits per heavy atom. The minimum absolute atomic E-state index is 0.0335. The molecule has 0 spiro atoms. The second-order valence-corrected chi connectivity index (χ2v) is 9.03. The highest BCUT2D eigenvalue weighted by Crippen LogP contribution is 2.21. The van der Waals surface area contributed by atoms with Gasteiger partial charge in [0.25, 0.3) is 0 Å². The lowest BCUT2D eigenvalue weighted by Crippen LogP contribution is -2.35. The van der Waals surface area contributed by atoms with Gasteiger partial charge in [-0.1, -0.05) is 6.42 Å². The number of rotatable bonds is 7. The highest BCUT2D eigenvalue weighted by molar-refractivity contribution is 7.89. The molecule has 0 aliphatic carbocycles. The lowest BCUT2D eigenvalue weighted by Gasteiger charge is -2.25. The van der Waals surface area contributed by atoms with Crippen molar-refractivity contribution in [3.63, 3.8) is 0 Å². The van der Waals surface area contributed by atoms with Crippen LogP contribution in [0.15, 0.2) is 34.1 Å². The zero-order valence-corrected chi connectivity index (χ0v) is 14.7. The first kappa shape index (κ1) is 18.3. The van der Waals surface area contributed by atoms with Crippen molar-refractivity contribution < 1.29 is 21.6 Å². The Hall–Kier alpha value is -1.00. The van der Waals surface area contributed by atoms with Crippen molar-refractivity contribution >= 4 is 20.0 Å². The number of benzene rings is 1. The van der Waals surface area contributed by atoms with E-state index in [0.717, 1.165) is 19.3 Å². The molecule has 0 unspecified atom stereocenters. The van der Waals surface area contributed by atoms with Crippen molar-refractivity contribution in [1.29, 1.82) is 0 Å². The van der Waals surface area contributed by atoms with E-state index in [1.165, 1.54) is 35.7 Å². The van der Waals surface area contributed by atoms with E-state index in [2.05, 4.69) is 4.72 Å². The second kappa shape index (κ2) is 7.71. The number of hydrogen-bond donors (Lipinski definition) is 1. The molecule has 1 saturated heterocycles. The van der Waals surface area contributed by atoms with Crippen LogP contribution in [0.3, 0.4) is 0 Å². The van der Waals surface area contributed by atoms with Crippen molar-refractivity contribution in [2.45, 2.75) is 29.1 Å². The minimum atomic E-state index is -3.66. The van der Waals surface area contributed by atoms with Gasteiger partial charge in [-0.15, -0.1) is 0 Å². The highest BCUT2D eigenvalue weighted by Gasteiger charge is 2.26. The summed E-state index contributed by atoms with van der Waals surface area (Å²) in [6.07, 6.45) is 2.75. The molecule has 1 aliphatic rings. The summed E-state index contributed by atoms with van der Waals surface area (Å²) in [5.74, 6) is 0. The topological polar surface area (TPSA) is 92.8 Å². The average Bonchev–Trinajstić information content (AvgIpc) is 2.56. The smallest absolute Gasteiger partial charge is 0.243 e. The first-order chi connectivity index (χ1) is 10.9. The molecule has 0 saturated carbocycles. The van der Waals surface area contributed by atoms with Crippen LogP contribution in [0.5, 0.6) is 0 Å². The SMILES string of the molecule is COCCNS(=O)(=O)c1ccc(S(=O)(=O)N2CCCCC2)cc1. The number of methoxy groups -OCH3 is 1. The van der Waals surface area contributed by atoms with Gasteiger partial charge in [-0.3, -0.25) is 0 Å². The van der Waals surface area contributed by atoms with Gasteiger partial charge in [0.05, 0.1) is 16.4 Å². The zero-order chi connectivity index (χ0) is 16.9. The lowest BCUT2D eigenvalue weighted by molar-refractivity contribution is 0.204. The normalized spacial score (nSPS) is 17.3. The number of hydrogen-bond acceptors (Lipinski definition) is 5. The van der Waals surface area contributed by atoms with Gasteiger partial charge in [0, 0.05) is 26.7 Å². The summed E-state index contributed by atoms with van der Waals surface area (Å²) in [6.45, 7) is 1.45. The van der Waals surface area contributed by atoms with Gasteiger partial charge in [0.1, 0.15) is 0 Å². The third kappa shape index (κ3) is 4.51. The Morgan fingerprint density at radius 1 is 1.00 bits per heavy atom. The molecule has 1 aromatic carbocycles. The van der Waals surface area contributed by atoms with Gasteiger partial charge in [0.15, 0.2) is 0 Å². The molecule has 1 heterocycles. The van der Waals surface area contributed by atoms with Crippen LogP contribution in [0, 0.1) is 0 Å². The van der Waals surface area contributed by atoms with E-state index in [-0.39, 0.29) is 22.9 Å². The molecule has 0 aromatic heterocycles. The standard InChI is InChI=1S/C14H22N2O5S2/c1-21-12-9-15-22(17,18)13-5-7-14(8-6-13)23(19,20)16-10-3-2-4-11-16/h5-8,15H,2-4,9-12H2,1H3. The van der Waals surface area contributed by atoms with E-state index in [9.17, 15) is 16.8 Å². The molecular weight excluding hydrogens is 340 g/mol. The Balaban J connectivity index is 2.15. The molecule has 1 aromatic rings. The third-order valence-corrected chi connectivity index (χ3v) is 7.07.